The lowest BCUT2D eigenvalue weighted by Crippen LogP contribution is -2.19. The predicted octanol–water partition coefficient (Wildman–Crippen LogP) is 4.06. The van der Waals surface area contributed by atoms with Gasteiger partial charge in [-0.1, -0.05) is 56.6 Å². The summed E-state index contributed by atoms with van der Waals surface area (Å²) < 4.78 is 9.82. The first-order valence-electron chi connectivity index (χ1n) is 7.57. The molecule has 0 bridgehead atoms. The Balaban J connectivity index is 3.28. The van der Waals surface area contributed by atoms with Gasteiger partial charge >= 0.3 is 11.9 Å². The molecule has 0 fully saturated rings. The maximum Gasteiger partial charge on any atom is 0.347 e. The molecule has 4 nitrogen and oxygen atoms in total. The normalized spacial score (nSPS) is 10.9. The Hall–Kier alpha value is -1.81. The van der Waals surface area contributed by atoms with Crippen LogP contribution in [0.2, 0.25) is 0 Å². The van der Waals surface area contributed by atoms with Gasteiger partial charge in [0.25, 0.3) is 0 Å². The van der Waals surface area contributed by atoms with E-state index in [1.54, 1.807) is 26.0 Å². The lowest BCUT2D eigenvalue weighted by molar-refractivity contribution is -0.146. The molecule has 0 aliphatic carbocycles. The van der Waals surface area contributed by atoms with Gasteiger partial charge in [-0.05, 0) is 30.4 Å². The molecule has 126 valence electrons. The molecule has 0 atom stereocenters. The van der Waals surface area contributed by atoms with E-state index in [0.29, 0.717) is 5.56 Å². The van der Waals surface area contributed by atoms with Crippen molar-refractivity contribution in [1.29, 1.82) is 0 Å². The second-order valence-electron chi connectivity index (χ2n) is 5.96. The summed E-state index contributed by atoms with van der Waals surface area (Å²) in [4.78, 5) is 24.1. The largest absolute Gasteiger partial charge is 0.462 e. The molecule has 1 rings (SSSR count). The number of hydrogen-bond donors (Lipinski definition) is 0. The lowest BCUT2D eigenvalue weighted by atomic mass is 9.86. The van der Waals surface area contributed by atoms with Crippen LogP contribution in [-0.4, -0.2) is 25.2 Å². The number of esters is 2. The highest BCUT2D eigenvalue weighted by atomic mass is 35.5. The number of ether oxygens (including phenoxy) is 2. The van der Waals surface area contributed by atoms with Crippen molar-refractivity contribution in [2.45, 2.75) is 40.0 Å². The summed E-state index contributed by atoms with van der Waals surface area (Å²) in [5, 5.41) is 0.0300. The zero-order valence-corrected chi connectivity index (χ0v) is 15.0. The molecule has 0 saturated heterocycles. The van der Waals surface area contributed by atoms with E-state index in [0.717, 1.165) is 5.56 Å². The molecule has 0 N–H and O–H groups in total. The average molecular weight is 339 g/mol. The molecule has 0 heterocycles. The van der Waals surface area contributed by atoms with Crippen LogP contribution in [0.3, 0.4) is 0 Å². The molecule has 0 aliphatic heterocycles. The third-order valence-corrected chi connectivity index (χ3v) is 3.59. The molecule has 23 heavy (non-hydrogen) atoms. The molecule has 0 aliphatic rings. The number of halogens is 1. The summed E-state index contributed by atoms with van der Waals surface area (Å²) in [5.41, 5.74) is 1.41. The first kappa shape index (κ1) is 19.2. The van der Waals surface area contributed by atoms with Crippen LogP contribution in [0, 0.1) is 0 Å². The third kappa shape index (κ3) is 5.10. The van der Waals surface area contributed by atoms with Crippen molar-refractivity contribution in [3.8, 4) is 0 Å². The van der Waals surface area contributed by atoms with Gasteiger partial charge in [0.1, 0.15) is 0 Å². The van der Waals surface area contributed by atoms with Gasteiger partial charge < -0.3 is 9.47 Å². The third-order valence-electron chi connectivity index (χ3n) is 3.18. The topological polar surface area (TPSA) is 52.6 Å². The quantitative estimate of drug-likeness (QED) is 0.351. The van der Waals surface area contributed by atoms with E-state index < -0.39 is 11.9 Å². The Morgan fingerprint density at radius 1 is 0.957 bits per heavy atom. The minimum atomic E-state index is -0.782. The summed E-state index contributed by atoms with van der Waals surface area (Å²) in [6.45, 7) is 9.91. The number of rotatable bonds is 5. The van der Waals surface area contributed by atoms with Gasteiger partial charge in [-0.3, -0.25) is 0 Å². The average Bonchev–Trinajstić information content (AvgIpc) is 2.47. The maximum atomic E-state index is 12.0. The number of benzene rings is 1. The second-order valence-corrected chi connectivity index (χ2v) is 6.34. The molecule has 1 aromatic carbocycles. The molecule has 0 radical (unpaired) electrons. The van der Waals surface area contributed by atoms with Gasteiger partial charge in [0.2, 0.25) is 0 Å². The molecule has 0 aromatic heterocycles. The summed E-state index contributed by atoms with van der Waals surface area (Å²) in [7, 11) is 0. The Kier molecular flexibility index (Phi) is 6.82. The van der Waals surface area contributed by atoms with Gasteiger partial charge in [0.05, 0.1) is 18.2 Å². The minimum Gasteiger partial charge on any atom is -0.462 e. The number of hydrogen-bond acceptors (Lipinski definition) is 4. The molecule has 5 heteroatoms. The van der Waals surface area contributed by atoms with Crippen molar-refractivity contribution < 1.29 is 19.1 Å². The van der Waals surface area contributed by atoms with E-state index in [9.17, 15) is 9.59 Å². The highest BCUT2D eigenvalue weighted by molar-refractivity contribution is 6.53. The zero-order valence-electron chi connectivity index (χ0n) is 14.2. The van der Waals surface area contributed by atoms with Gasteiger partial charge in [-0.25, -0.2) is 9.59 Å². The van der Waals surface area contributed by atoms with Crippen LogP contribution >= 0.6 is 11.6 Å². The van der Waals surface area contributed by atoms with Crippen LogP contribution in [0.1, 0.15) is 45.7 Å². The molecular formula is C18H23ClO4. The van der Waals surface area contributed by atoms with Gasteiger partial charge in [0.15, 0.2) is 5.57 Å². The molecule has 0 saturated carbocycles. The Bertz CT molecular complexity index is 574. The summed E-state index contributed by atoms with van der Waals surface area (Å²) in [6, 6.07) is 7.40. The molecule has 0 unspecified atom stereocenters. The fourth-order valence-electron chi connectivity index (χ4n) is 1.93. The maximum absolute atomic E-state index is 12.0. The molecule has 0 spiro atoms. The van der Waals surface area contributed by atoms with Gasteiger partial charge in [-0.2, -0.15) is 0 Å². The van der Waals surface area contributed by atoms with E-state index >= 15 is 0 Å². The van der Waals surface area contributed by atoms with Crippen molar-refractivity contribution >= 4 is 28.6 Å². The van der Waals surface area contributed by atoms with Gasteiger partial charge in [0, 0.05) is 0 Å². The highest BCUT2D eigenvalue weighted by Crippen LogP contribution is 2.28. The second kappa shape index (κ2) is 8.16. The first-order valence-corrected chi connectivity index (χ1v) is 7.95. The van der Waals surface area contributed by atoms with Crippen molar-refractivity contribution in [3.63, 3.8) is 0 Å². The Morgan fingerprint density at radius 3 is 1.74 bits per heavy atom. The standard InChI is InChI=1S/C18H23ClO4/c1-6-22-16(20)14(17(21)23-7-2)15(19)12-8-10-13(11-9-12)18(3,4)5/h8-11H,6-7H2,1-5H3. The number of carbonyl (C=O) groups excluding carboxylic acids is 2. The van der Waals surface area contributed by atoms with Crippen LogP contribution in [-0.2, 0) is 24.5 Å². The van der Waals surface area contributed by atoms with E-state index in [1.807, 2.05) is 12.1 Å². The smallest absolute Gasteiger partial charge is 0.347 e. The van der Waals surface area contributed by atoms with Crippen LogP contribution in [0.5, 0.6) is 0 Å². The SMILES string of the molecule is CCOC(=O)C(C(=O)OCC)=C(Cl)c1ccc(C(C)(C)C)cc1. The lowest BCUT2D eigenvalue weighted by Gasteiger charge is -2.19. The highest BCUT2D eigenvalue weighted by Gasteiger charge is 2.26. The fourth-order valence-corrected chi connectivity index (χ4v) is 2.21. The van der Waals surface area contributed by atoms with Crippen molar-refractivity contribution in [2.75, 3.05) is 13.2 Å². The first-order chi connectivity index (χ1) is 10.7. The van der Waals surface area contributed by atoms with Crippen LogP contribution in [0.25, 0.3) is 5.03 Å². The molecule has 0 amide bonds. The Labute approximate surface area is 142 Å². The summed E-state index contributed by atoms with van der Waals surface area (Å²) >= 11 is 6.28. The zero-order chi connectivity index (χ0) is 17.6. The summed E-state index contributed by atoms with van der Waals surface area (Å²) in [6.07, 6.45) is 0. The predicted molar refractivity (Wildman–Crippen MR) is 91.2 cm³/mol. The van der Waals surface area contributed by atoms with E-state index in [2.05, 4.69) is 20.8 Å². The molecule has 1 aromatic rings. The summed E-state index contributed by atoms with van der Waals surface area (Å²) in [5.74, 6) is -1.56. The van der Waals surface area contributed by atoms with Crippen molar-refractivity contribution in [2.24, 2.45) is 0 Å². The van der Waals surface area contributed by atoms with Gasteiger partial charge in [-0.15, -0.1) is 0 Å². The van der Waals surface area contributed by atoms with Crippen LogP contribution in [0.4, 0.5) is 0 Å². The van der Waals surface area contributed by atoms with E-state index in [4.69, 9.17) is 21.1 Å². The van der Waals surface area contributed by atoms with Crippen LogP contribution < -0.4 is 0 Å². The fraction of sp³-hybridized carbons (Fsp3) is 0.444. The van der Waals surface area contributed by atoms with Crippen molar-refractivity contribution in [1.82, 2.24) is 0 Å². The number of carbonyl (C=O) groups is 2. The minimum absolute atomic E-state index is 0.000166. The monoisotopic (exact) mass is 338 g/mol. The van der Waals surface area contributed by atoms with E-state index in [-0.39, 0.29) is 29.2 Å². The molecular weight excluding hydrogens is 316 g/mol. The van der Waals surface area contributed by atoms with Crippen LogP contribution in [0.15, 0.2) is 29.8 Å². The van der Waals surface area contributed by atoms with E-state index in [1.165, 1.54) is 0 Å². The van der Waals surface area contributed by atoms with Crippen molar-refractivity contribution in [3.05, 3.63) is 41.0 Å². The Morgan fingerprint density at radius 2 is 1.39 bits per heavy atom.